The molecule has 3 heteroatoms. The first-order valence-corrected chi connectivity index (χ1v) is 5.32. The zero-order valence-corrected chi connectivity index (χ0v) is 9.70. The Labute approximate surface area is 99.1 Å². The van der Waals surface area contributed by atoms with Gasteiger partial charge >= 0.3 is 0 Å². The Morgan fingerprint density at radius 2 is 1.94 bits per heavy atom. The van der Waals surface area contributed by atoms with E-state index in [1.807, 2.05) is 13.0 Å². The number of benzene rings is 1. The first kappa shape index (κ1) is 11.5. The van der Waals surface area contributed by atoms with Crippen LogP contribution in [0.25, 0.3) is 0 Å². The second-order valence-electron chi connectivity index (χ2n) is 3.96. The second kappa shape index (κ2) is 4.45. The van der Waals surface area contributed by atoms with Gasteiger partial charge in [-0.15, -0.1) is 0 Å². The zero-order valence-electron chi connectivity index (χ0n) is 9.70. The van der Waals surface area contributed by atoms with Gasteiger partial charge < -0.3 is 0 Å². The van der Waals surface area contributed by atoms with Gasteiger partial charge in [0.1, 0.15) is 11.5 Å². The lowest BCUT2D eigenvalue weighted by atomic mass is 10.00. The van der Waals surface area contributed by atoms with Crippen molar-refractivity contribution in [3.63, 3.8) is 0 Å². The van der Waals surface area contributed by atoms with E-state index >= 15 is 0 Å². The molecule has 0 radical (unpaired) electrons. The molecule has 86 valence electrons. The van der Waals surface area contributed by atoms with Crippen molar-refractivity contribution in [3.05, 3.63) is 64.7 Å². The van der Waals surface area contributed by atoms with E-state index in [1.165, 1.54) is 18.2 Å². The van der Waals surface area contributed by atoms with E-state index < -0.39 is 0 Å². The van der Waals surface area contributed by atoms with Crippen molar-refractivity contribution in [3.8, 4) is 0 Å². The standard InChI is InChI=1S/C14H12FNO/c1-9-4-3-7-16-13(9)14(17)12-6-5-11(15)8-10(12)2/h3-8H,1-2H3. The van der Waals surface area contributed by atoms with E-state index in [9.17, 15) is 9.18 Å². The lowest BCUT2D eigenvalue weighted by molar-refractivity contribution is 0.103. The SMILES string of the molecule is Cc1cc(F)ccc1C(=O)c1ncccc1C. The third-order valence-electron chi connectivity index (χ3n) is 2.66. The van der Waals surface area contributed by atoms with Crippen LogP contribution in [-0.2, 0) is 0 Å². The molecule has 1 aromatic heterocycles. The Morgan fingerprint density at radius 1 is 1.18 bits per heavy atom. The average Bonchev–Trinajstić information content (AvgIpc) is 2.29. The molecule has 0 N–H and O–H groups in total. The van der Waals surface area contributed by atoms with Gasteiger partial charge in [-0.1, -0.05) is 6.07 Å². The van der Waals surface area contributed by atoms with Crippen molar-refractivity contribution in [2.24, 2.45) is 0 Å². The van der Waals surface area contributed by atoms with E-state index in [0.717, 1.165) is 5.56 Å². The Hall–Kier alpha value is -2.03. The second-order valence-corrected chi connectivity index (χ2v) is 3.96. The average molecular weight is 229 g/mol. The highest BCUT2D eigenvalue weighted by molar-refractivity contribution is 6.09. The van der Waals surface area contributed by atoms with Crippen LogP contribution in [0.4, 0.5) is 4.39 Å². The van der Waals surface area contributed by atoms with Crippen molar-refractivity contribution in [2.75, 3.05) is 0 Å². The minimum absolute atomic E-state index is 0.166. The monoisotopic (exact) mass is 229 g/mol. The number of aromatic nitrogens is 1. The van der Waals surface area contributed by atoms with Crippen LogP contribution in [-0.4, -0.2) is 10.8 Å². The van der Waals surface area contributed by atoms with Crippen LogP contribution in [0.3, 0.4) is 0 Å². The van der Waals surface area contributed by atoms with Crippen LogP contribution in [0.5, 0.6) is 0 Å². The van der Waals surface area contributed by atoms with Crippen LogP contribution < -0.4 is 0 Å². The number of aryl methyl sites for hydroxylation is 2. The normalized spacial score (nSPS) is 10.3. The van der Waals surface area contributed by atoms with E-state index in [2.05, 4.69) is 4.98 Å². The highest BCUT2D eigenvalue weighted by Crippen LogP contribution is 2.16. The predicted octanol–water partition coefficient (Wildman–Crippen LogP) is 3.07. The summed E-state index contributed by atoms with van der Waals surface area (Å²) in [7, 11) is 0. The summed E-state index contributed by atoms with van der Waals surface area (Å²) in [5.41, 5.74) is 2.36. The summed E-state index contributed by atoms with van der Waals surface area (Å²) in [6.07, 6.45) is 1.58. The van der Waals surface area contributed by atoms with Gasteiger partial charge in [-0.25, -0.2) is 4.39 Å². The molecule has 2 rings (SSSR count). The minimum Gasteiger partial charge on any atom is -0.287 e. The van der Waals surface area contributed by atoms with Crippen molar-refractivity contribution in [2.45, 2.75) is 13.8 Å². The van der Waals surface area contributed by atoms with Gasteiger partial charge in [0, 0.05) is 11.8 Å². The molecule has 0 spiro atoms. The van der Waals surface area contributed by atoms with E-state index in [0.29, 0.717) is 16.8 Å². The van der Waals surface area contributed by atoms with Gasteiger partial charge in [0.15, 0.2) is 0 Å². The number of nitrogens with zero attached hydrogens (tertiary/aromatic N) is 1. The number of rotatable bonds is 2. The maximum absolute atomic E-state index is 13.0. The predicted molar refractivity (Wildman–Crippen MR) is 63.5 cm³/mol. The van der Waals surface area contributed by atoms with Crippen molar-refractivity contribution in [1.82, 2.24) is 4.98 Å². The molecule has 2 nitrogen and oxygen atoms in total. The number of hydrogen-bond donors (Lipinski definition) is 0. The Kier molecular flexibility index (Phi) is 3.00. The quantitative estimate of drug-likeness (QED) is 0.741. The Balaban J connectivity index is 2.48. The lowest BCUT2D eigenvalue weighted by Crippen LogP contribution is -2.08. The molecular weight excluding hydrogens is 217 g/mol. The van der Waals surface area contributed by atoms with Gasteiger partial charge in [-0.2, -0.15) is 0 Å². The smallest absolute Gasteiger partial charge is 0.211 e. The number of ketones is 1. The molecular formula is C14H12FNO. The molecule has 0 fully saturated rings. The summed E-state index contributed by atoms with van der Waals surface area (Å²) in [6.45, 7) is 3.55. The first-order valence-electron chi connectivity index (χ1n) is 5.32. The van der Waals surface area contributed by atoms with E-state index in [4.69, 9.17) is 0 Å². The summed E-state index contributed by atoms with van der Waals surface area (Å²) in [5, 5.41) is 0. The molecule has 0 bridgehead atoms. The largest absolute Gasteiger partial charge is 0.287 e. The highest BCUT2D eigenvalue weighted by atomic mass is 19.1. The van der Waals surface area contributed by atoms with Gasteiger partial charge in [0.05, 0.1) is 0 Å². The molecule has 0 atom stereocenters. The number of carbonyl (C=O) groups is 1. The molecule has 0 unspecified atom stereocenters. The molecule has 0 aliphatic rings. The molecule has 0 saturated carbocycles. The molecule has 0 saturated heterocycles. The first-order chi connectivity index (χ1) is 8.09. The van der Waals surface area contributed by atoms with Crippen LogP contribution >= 0.6 is 0 Å². The zero-order chi connectivity index (χ0) is 12.4. The molecule has 0 aliphatic carbocycles. The highest BCUT2D eigenvalue weighted by Gasteiger charge is 2.15. The van der Waals surface area contributed by atoms with Gasteiger partial charge in [0.25, 0.3) is 0 Å². The fourth-order valence-corrected chi connectivity index (χ4v) is 1.73. The topological polar surface area (TPSA) is 30.0 Å². The Morgan fingerprint density at radius 3 is 2.59 bits per heavy atom. The van der Waals surface area contributed by atoms with Crippen molar-refractivity contribution in [1.29, 1.82) is 0 Å². The minimum atomic E-state index is -0.336. The molecule has 2 aromatic rings. The number of hydrogen-bond acceptors (Lipinski definition) is 2. The van der Waals surface area contributed by atoms with Crippen LogP contribution in [0.15, 0.2) is 36.5 Å². The number of halogens is 1. The Bertz CT molecular complexity index is 578. The van der Waals surface area contributed by atoms with E-state index in [-0.39, 0.29) is 11.6 Å². The maximum Gasteiger partial charge on any atom is 0.211 e. The van der Waals surface area contributed by atoms with Crippen molar-refractivity contribution >= 4 is 5.78 Å². The van der Waals surface area contributed by atoms with E-state index in [1.54, 1.807) is 19.2 Å². The summed E-state index contributed by atoms with van der Waals surface area (Å²) in [4.78, 5) is 16.3. The van der Waals surface area contributed by atoms with Gasteiger partial charge in [-0.05, 0) is 49.2 Å². The molecule has 0 amide bonds. The van der Waals surface area contributed by atoms with Gasteiger partial charge in [-0.3, -0.25) is 9.78 Å². The third-order valence-corrected chi connectivity index (χ3v) is 2.66. The fraction of sp³-hybridized carbons (Fsp3) is 0.143. The lowest BCUT2D eigenvalue weighted by Gasteiger charge is -2.06. The summed E-state index contributed by atoms with van der Waals surface area (Å²) >= 11 is 0. The van der Waals surface area contributed by atoms with Crippen LogP contribution in [0.2, 0.25) is 0 Å². The fourth-order valence-electron chi connectivity index (χ4n) is 1.73. The van der Waals surface area contributed by atoms with Gasteiger partial charge in [0.2, 0.25) is 5.78 Å². The van der Waals surface area contributed by atoms with Crippen molar-refractivity contribution < 1.29 is 9.18 Å². The number of carbonyl (C=O) groups excluding carboxylic acids is 1. The van der Waals surface area contributed by atoms with Crippen LogP contribution in [0.1, 0.15) is 27.2 Å². The summed E-state index contributed by atoms with van der Waals surface area (Å²) < 4.78 is 13.0. The molecule has 1 aromatic carbocycles. The maximum atomic E-state index is 13.0. The number of pyridine rings is 1. The molecule has 0 aliphatic heterocycles. The molecule has 17 heavy (non-hydrogen) atoms. The summed E-state index contributed by atoms with van der Waals surface area (Å²) in [6, 6.07) is 7.76. The van der Waals surface area contributed by atoms with Crippen LogP contribution in [0, 0.1) is 19.7 Å². The third kappa shape index (κ3) is 2.23. The summed E-state index contributed by atoms with van der Waals surface area (Å²) in [5.74, 6) is -0.502. The molecule has 1 heterocycles.